The van der Waals surface area contributed by atoms with Gasteiger partial charge < -0.3 is 15.7 Å². The summed E-state index contributed by atoms with van der Waals surface area (Å²) in [6.07, 6.45) is 0.349. The lowest BCUT2D eigenvalue weighted by Crippen LogP contribution is -2.43. The molecule has 1 aliphatic carbocycles. The van der Waals surface area contributed by atoms with Crippen LogP contribution in [0.25, 0.3) is 11.1 Å². The van der Waals surface area contributed by atoms with Gasteiger partial charge in [-0.25, -0.2) is 4.39 Å². The summed E-state index contributed by atoms with van der Waals surface area (Å²) in [5.74, 6) is 0.785. The average Bonchev–Trinajstić information content (AvgIpc) is 3.20. The Morgan fingerprint density at radius 3 is 2.65 bits per heavy atom. The van der Waals surface area contributed by atoms with E-state index in [1.165, 1.54) is 0 Å². The van der Waals surface area contributed by atoms with Crippen molar-refractivity contribution in [1.29, 1.82) is 0 Å². The Bertz CT molecular complexity index is 739. The first-order valence-corrected chi connectivity index (χ1v) is 8.24. The molecule has 0 aromatic heterocycles. The van der Waals surface area contributed by atoms with Crippen molar-refractivity contribution in [2.45, 2.75) is 18.7 Å². The number of fused-ring (bicyclic) bond motifs is 1. The van der Waals surface area contributed by atoms with Crippen LogP contribution in [0.1, 0.15) is 6.42 Å². The van der Waals surface area contributed by atoms with Crippen LogP contribution in [-0.4, -0.2) is 23.9 Å². The fourth-order valence-electron chi connectivity index (χ4n) is 3.51. The zero-order valence-electron chi connectivity index (χ0n) is 12.5. The molecule has 0 spiro atoms. The van der Waals surface area contributed by atoms with Crippen LogP contribution in [-0.2, 0) is 0 Å². The maximum Gasteiger partial charge on any atom is 0.154 e. The predicted octanol–water partition coefficient (Wildman–Crippen LogP) is 3.48. The van der Waals surface area contributed by atoms with Crippen molar-refractivity contribution in [2.75, 3.05) is 11.9 Å². The Hall–Kier alpha value is -1.62. The highest BCUT2D eigenvalue weighted by atomic mass is 35.5. The van der Waals surface area contributed by atoms with E-state index in [4.69, 9.17) is 11.6 Å². The number of anilines is 1. The monoisotopic (exact) mass is 332 g/mol. The summed E-state index contributed by atoms with van der Waals surface area (Å²) < 4.78 is 14.8. The zero-order chi connectivity index (χ0) is 16.0. The Morgan fingerprint density at radius 1 is 1.17 bits per heavy atom. The number of nitrogens with one attached hydrogen (secondary N) is 2. The van der Waals surface area contributed by atoms with Crippen molar-refractivity contribution < 1.29 is 9.50 Å². The number of rotatable bonds is 4. The van der Waals surface area contributed by atoms with Crippen LogP contribution in [0.15, 0.2) is 42.5 Å². The highest BCUT2D eigenvalue weighted by Gasteiger charge is 2.50. The third kappa shape index (κ3) is 2.71. The highest BCUT2D eigenvalue weighted by molar-refractivity contribution is 6.33. The number of piperidine rings is 1. The minimum Gasteiger partial charge on any atom is -0.372 e. The number of hydrogen-bond acceptors (Lipinski definition) is 3. The average molecular weight is 333 g/mol. The molecule has 3 nitrogen and oxygen atoms in total. The molecule has 2 aliphatic rings. The second kappa shape index (κ2) is 5.78. The fraction of sp³-hybridized carbons (Fsp3) is 0.333. The number of benzene rings is 2. The summed E-state index contributed by atoms with van der Waals surface area (Å²) in [5, 5.41) is 17.1. The largest absolute Gasteiger partial charge is 0.372 e. The van der Waals surface area contributed by atoms with Crippen LogP contribution >= 0.6 is 11.6 Å². The lowest BCUT2D eigenvalue weighted by Gasteiger charge is -2.23. The molecule has 0 amide bonds. The van der Waals surface area contributed by atoms with Gasteiger partial charge in [-0.05, 0) is 36.9 Å². The van der Waals surface area contributed by atoms with Gasteiger partial charge in [0.15, 0.2) is 5.82 Å². The van der Waals surface area contributed by atoms with Crippen molar-refractivity contribution in [1.82, 2.24) is 5.32 Å². The van der Waals surface area contributed by atoms with E-state index in [9.17, 15) is 9.50 Å². The summed E-state index contributed by atoms with van der Waals surface area (Å²) in [4.78, 5) is 0. The Balaban J connectivity index is 1.60. The molecule has 1 saturated carbocycles. The molecule has 0 radical (unpaired) electrons. The van der Waals surface area contributed by atoms with E-state index >= 15 is 0 Å². The normalized spacial score (nSPS) is 26.7. The summed E-state index contributed by atoms with van der Waals surface area (Å²) in [6.45, 7) is 0.941. The van der Waals surface area contributed by atoms with E-state index in [-0.39, 0.29) is 6.04 Å². The topological polar surface area (TPSA) is 44.3 Å². The molecule has 0 bridgehead atoms. The van der Waals surface area contributed by atoms with Gasteiger partial charge in [-0.15, -0.1) is 0 Å². The first-order chi connectivity index (χ1) is 11.1. The molecule has 4 atom stereocenters. The Labute approximate surface area is 139 Å². The molecule has 5 heteroatoms. The number of aliphatic hydroxyl groups is 1. The number of aliphatic hydroxyl groups excluding tert-OH is 1. The smallest absolute Gasteiger partial charge is 0.154 e. The molecule has 2 unspecified atom stereocenters. The van der Waals surface area contributed by atoms with Crippen LogP contribution in [0, 0.1) is 17.7 Å². The van der Waals surface area contributed by atoms with Gasteiger partial charge in [-0.1, -0.05) is 41.9 Å². The third-order valence-electron chi connectivity index (χ3n) is 4.86. The molecule has 120 valence electrons. The summed E-state index contributed by atoms with van der Waals surface area (Å²) >= 11 is 6.17. The minimum absolute atomic E-state index is 0.0108. The second-order valence-corrected chi connectivity index (χ2v) is 6.74. The zero-order valence-corrected chi connectivity index (χ0v) is 13.2. The van der Waals surface area contributed by atoms with Gasteiger partial charge in [0, 0.05) is 16.1 Å². The second-order valence-electron chi connectivity index (χ2n) is 6.33. The van der Waals surface area contributed by atoms with Gasteiger partial charge >= 0.3 is 0 Å². The van der Waals surface area contributed by atoms with E-state index in [2.05, 4.69) is 10.6 Å². The maximum absolute atomic E-state index is 14.8. The van der Waals surface area contributed by atoms with Crippen molar-refractivity contribution in [3.05, 3.63) is 53.3 Å². The summed E-state index contributed by atoms with van der Waals surface area (Å²) in [6, 6.07) is 12.2. The molecule has 2 aromatic carbocycles. The number of halogens is 2. The van der Waals surface area contributed by atoms with Crippen LogP contribution in [0.4, 0.5) is 10.1 Å². The SMILES string of the molecule is OC(Nc1cccc(-c2ccccc2Cl)c1F)[C@H]1NCC2C[C@@H]21. The van der Waals surface area contributed by atoms with Crippen molar-refractivity contribution in [3.8, 4) is 11.1 Å². The standard InChI is InChI=1S/C18H18ClFN2O/c19-14-6-2-1-4-11(14)12-5-3-7-15(16(12)20)22-18(23)17-13-8-10(13)9-21-17/h1-7,10,13,17-18,21-23H,8-9H2/t10?,13-,17-,18?/m0/s1. The predicted molar refractivity (Wildman–Crippen MR) is 89.9 cm³/mol. The van der Waals surface area contributed by atoms with E-state index in [0.717, 1.165) is 13.0 Å². The van der Waals surface area contributed by atoms with Crippen LogP contribution in [0.5, 0.6) is 0 Å². The Morgan fingerprint density at radius 2 is 1.96 bits per heavy atom. The molecule has 1 aliphatic heterocycles. The minimum atomic E-state index is -0.802. The first kappa shape index (κ1) is 14.9. The highest BCUT2D eigenvalue weighted by Crippen LogP contribution is 2.46. The van der Waals surface area contributed by atoms with Gasteiger partial charge in [0.05, 0.1) is 11.7 Å². The van der Waals surface area contributed by atoms with Gasteiger partial charge in [0.25, 0.3) is 0 Å². The first-order valence-electron chi connectivity index (χ1n) is 7.86. The molecular formula is C18H18ClFN2O. The quantitative estimate of drug-likeness (QED) is 0.751. The molecule has 3 N–H and O–H groups in total. The van der Waals surface area contributed by atoms with E-state index in [1.54, 1.807) is 30.3 Å². The van der Waals surface area contributed by atoms with Gasteiger partial charge in [0.1, 0.15) is 6.23 Å². The van der Waals surface area contributed by atoms with Crippen LogP contribution in [0.2, 0.25) is 5.02 Å². The molecule has 23 heavy (non-hydrogen) atoms. The van der Waals surface area contributed by atoms with Crippen molar-refractivity contribution >= 4 is 17.3 Å². The summed E-state index contributed by atoms with van der Waals surface area (Å²) in [5.41, 5.74) is 1.36. The summed E-state index contributed by atoms with van der Waals surface area (Å²) in [7, 11) is 0. The Kier molecular flexibility index (Phi) is 3.76. The van der Waals surface area contributed by atoms with Crippen molar-refractivity contribution in [2.24, 2.45) is 11.8 Å². The van der Waals surface area contributed by atoms with E-state index in [0.29, 0.717) is 33.7 Å². The molecule has 2 aromatic rings. The van der Waals surface area contributed by atoms with Gasteiger partial charge in [-0.3, -0.25) is 0 Å². The molecule has 4 rings (SSSR count). The molecule has 1 heterocycles. The maximum atomic E-state index is 14.8. The van der Waals surface area contributed by atoms with E-state index in [1.807, 2.05) is 12.1 Å². The lowest BCUT2D eigenvalue weighted by atomic mass is 10.0. The lowest BCUT2D eigenvalue weighted by molar-refractivity contribution is 0.152. The van der Waals surface area contributed by atoms with Crippen LogP contribution in [0.3, 0.4) is 0 Å². The van der Waals surface area contributed by atoms with Gasteiger partial charge in [-0.2, -0.15) is 0 Å². The van der Waals surface area contributed by atoms with Gasteiger partial charge in [0.2, 0.25) is 0 Å². The van der Waals surface area contributed by atoms with Crippen LogP contribution < -0.4 is 10.6 Å². The third-order valence-corrected chi connectivity index (χ3v) is 5.19. The van der Waals surface area contributed by atoms with Crippen molar-refractivity contribution in [3.63, 3.8) is 0 Å². The number of hydrogen-bond donors (Lipinski definition) is 3. The molecular weight excluding hydrogens is 315 g/mol. The van der Waals surface area contributed by atoms with E-state index < -0.39 is 12.0 Å². The molecule has 1 saturated heterocycles. The fourth-order valence-corrected chi connectivity index (χ4v) is 3.75. The molecule has 2 fully saturated rings.